The molecule has 1 fully saturated rings. The first-order valence-corrected chi connectivity index (χ1v) is 9.57. The Balaban J connectivity index is 1.55. The Labute approximate surface area is 165 Å². The third-order valence-electron chi connectivity index (χ3n) is 5.05. The van der Waals surface area contributed by atoms with Crippen molar-refractivity contribution < 1.29 is 24.0 Å². The van der Waals surface area contributed by atoms with Crippen molar-refractivity contribution in [2.45, 2.75) is 19.6 Å². The Morgan fingerprint density at radius 3 is 2.50 bits per heavy atom. The van der Waals surface area contributed by atoms with Crippen molar-refractivity contribution in [2.24, 2.45) is 0 Å². The summed E-state index contributed by atoms with van der Waals surface area (Å²) < 4.78 is 11.1. The molecule has 0 unspecified atom stereocenters. The van der Waals surface area contributed by atoms with E-state index in [9.17, 15) is 9.59 Å². The maximum Gasteiger partial charge on any atom is 0.263 e. The lowest BCUT2D eigenvalue weighted by Gasteiger charge is -2.33. The maximum absolute atomic E-state index is 12.8. The largest absolute Gasteiger partial charge is 0.493 e. The van der Waals surface area contributed by atoms with Crippen LogP contribution in [0.3, 0.4) is 0 Å². The lowest BCUT2D eigenvalue weighted by atomic mass is 10.2. The van der Waals surface area contributed by atoms with Crippen LogP contribution in [0.5, 0.6) is 11.5 Å². The van der Waals surface area contributed by atoms with Crippen LogP contribution in [0.15, 0.2) is 48.5 Å². The molecule has 0 radical (unpaired) electrons. The fourth-order valence-electron chi connectivity index (χ4n) is 3.46. The van der Waals surface area contributed by atoms with Gasteiger partial charge < -0.3 is 19.3 Å². The fraction of sp³-hybridized carbons (Fsp3) is 0.364. The van der Waals surface area contributed by atoms with Crippen LogP contribution in [0.25, 0.3) is 0 Å². The van der Waals surface area contributed by atoms with Gasteiger partial charge in [0.05, 0.1) is 33.3 Å². The second-order valence-electron chi connectivity index (χ2n) is 7.03. The van der Waals surface area contributed by atoms with E-state index in [2.05, 4.69) is 24.3 Å². The summed E-state index contributed by atoms with van der Waals surface area (Å²) in [6.07, 6.45) is 0.0968. The van der Waals surface area contributed by atoms with E-state index in [0.29, 0.717) is 30.2 Å². The van der Waals surface area contributed by atoms with Gasteiger partial charge in [0.2, 0.25) is 0 Å². The highest BCUT2D eigenvalue weighted by Gasteiger charge is 2.28. The molecule has 6 heteroatoms. The number of methoxy groups -OCH3 is 1. The van der Waals surface area contributed by atoms with Gasteiger partial charge >= 0.3 is 0 Å². The van der Waals surface area contributed by atoms with E-state index in [-0.39, 0.29) is 5.91 Å². The van der Waals surface area contributed by atoms with Crippen LogP contribution in [0, 0.1) is 0 Å². The first-order valence-electron chi connectivity index (χ1n) is 9.57. The normalized spacial score (nSPS) is 15.7. The number of nitrogens with zero attached hydrogens (tertiary/aromatic N) is 1. The second-order valence-corrected chi connectivity index (χ2v) is 7.03. The number of benzene rings is 2. The molecule has 2 aromatic rings. The van der Waals surface area contributed by atoms with Crippen LogP contribution in [0.1, 0.15) is 22.8 Å². The van der Waals surface area contributed by atoms with Crippen LogP contribution >= 0.6 is 0 Å². The van der Waals surface area contributed by atoms with Crippen molar-refractivity contribution in [1.29, 1.82) is 0 Å². The number of nitrogens with one attached hydrogen (secondary N) is 1. The molecule has 6 nitrogen and oxygen atoms in total. The molecule has 1 aliphatic heterocycles. The van der Waals surface area contributed by atoms with E-state index in [0.717, 1.165) is 25.9 Å². The van der Waals surface area contributed by atoms with E-state index >= 15 is 0 Å². The molecule has 1 heterocycles. The summed E-state index contributed by atoms with van der Waals surface area (Å²) in [7, 11) is 1.53. The first-order chi connectivity index (χ1) is 13.6. The average Bonchev–Trinajstić information content (AvgIpc) is 2.74. The van der Waals surface area contributed by atoms with Gasteiger partial charge in [-0.2, -0.15) is 0 Å². The van der Waals surface area contributed by atoms with Crippen LogP contribution in [0.2, 0.25) is 0 Å². The van der Waals surface area contributed by atoms with Crippen molar-refractivity contribution in [2.75, 3.05) is 33.3 Å². The average molecular weight is 383 g/mol. The summed E-state index contributed by atoms with van der Waals surface area (Å²) in [6.45, 7) is 5.96. The number of hydrogen-bond donors (Lipinski definition) is 1. The Bertz CT molecular complexity index is 801. The standard InChI is InChI=1S/C22H26N2O4/c1-17(28-21-14-19(16-25)8-9-20(21)27-2)22(26)24-12-10-23(11-13-24)15-18-6-4-3-5-7-18/h3-9,14,16-17H,10-13,15H2,1-2H3/p+1/t17-/m0/s1. The van der Waals surface area contributed by atoms with Crippen molar-refractivity contribution in [3.05, 3.63) is 59.7 Å². The SMILES string of the molecule is COc1ccc(C=O)cc1O[C@@H](C)C(=O)N1CC[NH+](Cc2ccccc2)CC1. The van der Waals surface area contributed by atoms with Crippen LogP contribution < -0.4 is 14.4 Å². The quantitative estimate of drug-likeness (QED) is 0.730. The molecule has 0 aliphatic carbocycles. The van der Waals surface area contributed by atoms with Gasteiger partial charge in [0.15, 0.2) is 17.6 Å². The summed E-state index contributed by atoms with van der Waals surface area (Å²) in [6, 6.07) is 15.3. The summed E-state index contributed by atoms with van der Waals surface area (Å²) in [5.41, 5.74) is 1.80. The maximum atomic E-state index is 12.8. The second kappa shape index (κ2) is 9.37. The smallest absolute Gasteiger partial charge is 0.263 e. The van der Waals surface area contributed by atoms with Crippen molar-refractivity contribution >= 4 is 12.2 Å². The van der Waals surface area contributed by atoms with Gasteiger partial charge in [0, 0.05) is 11.1 Å². The van der Waals surface area contributed by atoms with E-state index in [4.69, 9.17) is 9.47 Å². The zero-order chi connectivity index (χ0) is 19.9. The summed E-state index contributed by atoms with van der Waals surface area (Å²) in [4.78, 5) is 27.1. The predicted octanol–water partition coefficient (Wildman–Crippen LogP) is 1.20. The molecule has 2 aromatic carbocycles. The number of carbonyl (C=O) groups excluding carboxylic acids is 2. The fourth-order valence-corrected chi connectivity index (χ4v) is 3.46. The van der Waals surface area contributed by atoms with E-state index in [1.54, 1.807) is 25.1 Å². The molecular formula is C22H27N2O4+. The van der Waals surface area contributed by atoms with Gasteiger partial charge in [0.1, 0.15) is 12.8 Å². The van der Waals surface area contributed by atoms with Gasteiger partial charge in [-0.15, -0.1) is 0 Å². The summed E-state index contributed by atoms with van der Waals surface area (Å²) in [5, 5.41) is 0. The number of rotatable bonds is 7. The highest BCUT2D eigenvalue weighted by atomic mass is 16.5. The topological polar surface area (TPSA) is 60.3 Å². The number of aldehydes is 1. The Kier molecular flexibility index (Phi) is 6.66. The summed E-state index contributed by atoms with van der Waals surface area (Å²) in [5.74, 6) is 0.862. The molecule has 28 heavy (non-hydrogen) atoms. The van der Waals surface area contributed by atoms with E-state index < -0.39 is 6.10 Å². The van der Waals surface area contributed by atoms with Crippen LogP contribution in [-0.4, -0.2) is 56.5 Å². The molecule has 1 N–H and O–H groups in total. The van der Waals surface area contributed by atoms with Crippen molar-refractivity contribution in [1.82, 2.24) is 4.90 Å². The monoisotopic (exact) mass is 383 g/mol. The molecule has 0 aromatic heterocycles. The molecule has 3 rings (SSSR count). The molecule has 1 amide bonds. The zero-order valence-corrected chi connectivity index (χ0v) is 16.4. The van der Waals surface area contributed by atoms with E-state index in [1.807, 2.05) is 11.0 Å². The number of hydrogen-bond acceptors (Lipinski definition) is 4. The van der Waals surface area contributed by atoms with Gasteiger partial charge in [0.25, 0.3) is 5.91 Å². The molecule has 148 valence electrons. The van der Waals surface area contributed by atoms with Gasteiger partial charge in [-0.25, -0.2) is 0 Å². The summed E-state index contributed by atoms with van der Waals surface area (Å²) >= 11 is 0. The van der Waals surface area contributed by atoms with E-state index in [1.165, 1.54) is 17.6 Å². The lowest BCUT2D eigenvalue weighted by Crippen LogP contribution is -3.13. The van der Waals surface area contributed by atoms with Gasteiger partial charge in [-0.05, 0) is 25.1 Å². The number of ether oxygens (including phenoxy) is 2. The Morgan fingerprint density at radius 1 is 1.14 bits per heavy atom. The zero-order valence-electron chi connectivity index (χ0n) is 16.4. The molecular weight excluding hydrogens is 356 g/mol. The minimum absolute atomic E-state index is 0.0441. The third kappa shape index (κ3) is 4.89. The molecule has 0 bridgehead atoms. The van der Waals surface area contributed by atoms with Crippen LogP contribution in [-0.2, 0) is 11.3 Å². The minimum atomic E-state index is -0.647. The molecule has 0 saturated carbocycles. The predicted molar refractivity (Wildman–Crippen MR) is 106 cm³/mol. The Morgan fingerprint density at radius 2 is 1.86 bits per heavy atom. The Hall–Kier alpha value is -2.86. The molecule has 1 atom stereocenters. The number of quaternary nitrogens is 1. The molecule has 1 saturated heterocycles. The molecule has 1 aliphatic rings. The van der Waals surface area contributed by atoms with Gasteiger partial charge in [-0.1, -0.05) is 30.3 Å². The first kappa shape index (κ1) is 19.9. The third-order valence-corrected chi connectivity index (χ3v) is 5.05. The minimum Gasteiger partial charge on any atom is -0.493 e. The van der Waals surface area contributed by atoms with Gasteiger partial charge in [-0.3, -0.25) is 9.59 Å². The lowest BCUT2D eigenvalue weighted by molar-refractivity contribution is -0.917. The number of carbonyl (C=O) groups is 2. The van der Waals surface area contributed by atoms with Crippen molar-refractivity contribution in [3.8, 4) is 11.5 Å². The van der Waals surface area contributed by atoms with Crippen LogP contribution in [0.4, 0.5) is 0 Å². The van der Waals surface area contributed by atoms with Crippen molar-refractivity contribution in [3.63, 3.8) is 0 Å². The number of piperazine rings is 1. The highest BCUT2D eigenvalue weighted by molar-refractivity contribution is 5.81. The molecule has 0 spiro atoms. The number of amides is 1. The highest BCUT2D eigenvalue weighted by Crippen LogP contribution is 2.28.